The van der Waals surface area contributed by atoms with Crippen LogP contribution in [0.2, 0.25) is 0 Å². The van der Waals surface area contributed by atoms with Crippen molar-refractivity contribution in [1.82, 2.24) is 9.13 Å². The summed E-state index contributed by atoms with van der Waals surface area (Å²) in [6.07, 6.45) is 0. The zero-order chi connectivity index (χ0) is 64.5. The average Bonchev–Trinajstić information content (AvgIpc) is 1.66. The molecule has 0 atom stereocenters. The standard InChI is InChI=1S/C72H47BN4/c1-4-21-48(22-5-1)51-27-20-28-53(43-51)76-68-46-54(74-64-35-16-11-30-57(64)58-31-12-17-36-65(58)74)39-41-61(68)73-62-42-40-55(75-66-37-18-13-32-59(66)60-33-14-19-38-67(60)75)47-69(62)77(63-34-15-10-29-56(63)50-25-8-3-9-26-50)71-45-52(44-70(76)72(71)73)49-23-6-2-7-24-49/h1-47H/i11D,12D,13D,14D,16D,17D,18D,19D,30D,31D,32D,33D,35D,36D,37D,38D. The fraction of sp³-hybridized carbons (Fsp3) is 0. The minimum absolute atomic E-state index is 0.0338. The molecule has 2 aliphatic heterocycles. The van der Waals surface area contributed by atoms with Crippen molar-refractivity contribution in [1.29, 1.82) is 0 Å². The van der Waals surface area contributed by atoms with E-state index in [2.05, 4.69) is 34.1 Å². The molecule has 0 saturated heterocycles. The van der Waals surface area contributed by atoms with Gasteiger partial charge >= 0.3 is 0 Å². The Morgan fingerprint density at radius 1 is 0.286 bits per heavy atom. The summed E-state index contributed by atoms with van der Waals surface area (Å²) in [5.41, 5.74) is 12.5. The summed E-state index contributed by atoms with van der Waals surface area (Å²) in [7, 11) is 0. The first-order valence-electron chi connectivity index (χ1n) is 33.3. The minimum Gasteiger partial charge on any atom is -0.311 e. The second kappa shape index (κ2) is 17.2. The third-order valence-electron chi connectivity index (χ3n) is 15.2. The number of benzene rings is 12. The number of fused-ring (bicyclic) bond motifs is 10. The Hall–Kier alpha value is -10.1. The molecule has 0 unspecified atom stereocenters. The molecule has 77 heavy (non-hydrogen) atoms. The number of aromatic nitrogens is 2. The molecule has 0 spiro atoms. The Morgan fingerprint density at radius 2 is 0.714 bits per heavy atom. The monoisotopic (exact) mass is 994 g/mol. The molecule has 4 nitrogen and oxygen atoms in total. The molecule has 0 saturated carbocycles. The topological polar surface area (TPSA) is 16.3 Å². The fourth-order valence-electron chi connectivity index (χ4n) is 11.9. The largest absolute Gasteiger partial charge is 0.311 e. The highest BCUT2D eigenvalue weighted by atomic mass is 15.2. The van der Waals surface area contributed by atoms with Gasteiger partial charge in [0, 0.05) is 66.9 Å². The van der Waals surface area contributed by atoms with Crippen LogP contribution in [0.15, 0.2) is 285 Å². The van der Waals surface area contributed by atoms with Crippen LogP contribution in [0.3, 0.4) is 0 Å². The van der Waals surface area contributed by atoms with Crippen LogP contribution >= 0.6 is 0 Å². The van der Waals surface area contributed by atoms with Gasteiger partial charge in [0.05, 0.1) is 49.7 Å². The highest BCUT2D eigenvalue weighted by molar-refractivity contribution is 7.00. The Bertz CT molecular complexity index is 5470. The van der Waals surface area contributed by atoms with Gasteiger partial charge in [-0.15, -0.1) is 0 Å². The summed E-state index contributed by atoms with van der Waals surface area (Å²) in [6, 6.07) is 53.9. The molecule has 0 radical (unpaired) electrons. The van der Waals surface area contributed by atoms with Crippen LogP contribution in [0.5, 0.6) is 0 Å². The zero-order valence-electron chi connectivity index (χ0n) is 56.8. The van der Waals surface area contributed by atoms with Crippen LogP contribution in [0.1, 0.15) is 21.9 Å². The van der Waals surface area contributed by atoms with Gasteiger partial charge in [0.15, 0.2) is 0 Å². The van der Waals surface area contributed by atoms with E-state index in [9.17, 15) is 11.0 Å². The third-order valence-corrected chi connectivity index (χ3v) is 15.2. The van der Waals surface area contributed by atoms with Gasteiger partial charge < -0.3 is 18.9 Å². The minimum atomic E-state index is -0.651. The number of para-hydroxylation sites is 5. The van der Waals surface area contributed by atoms with Crippen molar-refractivity contribution in [2.24, 2.45) is 0 Å². The van der Waals surface area contributed by atoms with E-state index in [1.54, 1.807) is 0 Å². The molecule has 4 heterocycles. The van der Waals surface area contributed by atoms with Gasteiger partial charge in [0.1, 0.15) is 0 Å². The lowest BCUT2D eigenvalue weighted by Gasteiger charge is -2.45. The highest BCUT2D eigenvalue weighted by Crippen LogP contribution is 2.49. The second-order valence-electron chi connectivity index (χ2n) is 19.2. The molecule has 12 aromatic carbocycles. The van der Waals surface area contributed by atoms with Crippen molar-refractivity contribution >= 4 is 101 Å². The lowest BCUT2D eigenvalue weighted by molar-refractivity contribution is 1.17. The van der Waals surface area contributed by atoms with Crippen molar-refractivity contribution in [2.75, 3.05) is 9.80 Å². The second-order valence-corrected chi connectivity index (χ2v) is 19.2. The number of rotatable bonds is 7. The van der Waals surface area contributed by atoms with Gasteiger partial charge in [-0.2, -0.15) is 0 Å². The van der Waals surface area contributed by atoms with E-state index in [-0.39, 0.29) is 43.6 Å². The van der Waals surface area contributed by atoms with Crippen molar-refractivity contribution in [3.63, 3.8) is 0 Å². The molecule has 358 valence electrons. The molecule has 0 fully saturated rings. The van der Waals surface area contributed by atoms with Crippen LogP contribution in [0, 0.1) is 0 Å². The van der Waals surface area contributed by atoms with E-state index in [4.69, 9.17) is 11.0 Å². The number of anilines is 6. The van der Waals surface area contributed by atoms with Crippen molar-refractivity contribution in [3.05, 3.63) is 285 Å². The summed E-state index contributed by atoms with van der Waals surface area (Å²) >= 11 is 0. The average molecular weight is 995 g/mol. The van der Waals surface area contributed by atoms with Crippen LogP contribution < -0.4 is 26.2 Å². The molecule has 2 aromatic heterocycles. The molecule has 0 amide bonds. The summed E-state index contributed by atoms with van der Waals surface area (Å²) in [5, 5.41) is -0.231. The van der Waals surface area contributed by atoms with Crippen molar-refractivity contribution in [3.8, 4) is 44.8 Å². The Kier molecular flexibility index (Phi) is 6.79. The molecule has 0 bridgehead atoms. The van der Waals surface area contributed by atoms with Gasteiger partial charge in [0.25, 0.3) is 6.71 Å². The molecule has 5 heteroatoms. The SMILES string of the molecule is [2H]c1c([2H])c([2H])c2c(c1[2H])c1c([2H])c([2H])c([2H])c([2H])c1n2-c1ccc2c(c1)N(c1cccc(-c3ccccc3)c1)c1cc(-c3ccccc3)cc3c1B2c1ccc(-n2c4c([2H])c([2H])c([2H])c([2H])c4c4c([2H])c([2H])c([2H])c([2H])c42)cc1N3c1ccccc1-c1ccccc1. The molecule has 14 aromatic rings. The zero-order valence-corrected chi connectivity index (χ0v) is 40.8. The maximum Gasteiger partial charge on any atom is 0.252 e. The van der Waals surface area contributed by atoms with Gasteiger partial charge in [-0.25, -0.2) is 0 Å². The Balaban J connectivity index is 1.07. The van der Waals surface area contributed by atoms with E-state index in [1.807, 2.05) is 164 Å². The van der Waals surface area contributed by atoms with E-state index in [1.165, 1.54) is 9.13 Å². The van der Waals surface area contributed by atoms with Gasteiger partial charge in [-0.1, -0.05) is 206 Å². The summed E-state index contributed by atoms with van der Waals surface area (Å²) in [5.74, 6) is 0. The quantitative estimate of drug-likeness (QED) is 0.148. The maximum absolute atomic E-state index is 9.53. The van der Waals surface area contributed by atoms with Crippen molar-refractivity contribution < 1.29 is 21.9 Å². The van der Waals surface area contributed by atoms with E-state index < -0.39 is 103 Å². The molecular weight excluding hydrogens is 932 g/mol. The molecular formula is C72H47BN4. The number of nitrogens with zero attached hydrogens (tertiary/aromatic N) is 4. The normalized spacial score (nSPS) is 15.5. The molecule has 0 aliphatic carbocycles. The van der Waals surface area contributed by atoms with Crippen LogP contribution in [0.4, 0.5) is 34.1 Å². The summed E-state index contributed by atoms with van der Waals surface area (Å²) in [6.45, 7) is -0.651. The summed E-state index contributed by atoms with van der Waals surface area (Å²) < 4.78 is 150. The van der Waals surface area contributed by atoms with Crippen LogP contribution in [-0.4, -0.2) is 15.8 Å². The van der Waals surface area contributed by atoms with E-state index in [0.717, 1.165) is 72.5 Å². The first-order chi connectivity index (χ1) is 44.9. The maximum atomic E-state index is 9.53. The van der Waals surface area contributed by atoms with E-state index in [0.29, 0.717) is 22.7 Å². The molecule has 16 rings (SSSR count). The Labute approximate surface area is 469 Å². The van der Waals surface area contributed by atoms with Gasteiger partial charge in [0.2, 0.25) is 0 Å². The molecule has 0 N–H and O–H groups in total. The highest BCUT2D eigenvalue weighted by Gasteiger charge is 2.44. The smallest absolute Gasteiger partial charge is 0.252 e. The van der Waals surface area contributed by atoms with E-state index >= 15 is 0 Å². The first-order valence-corrected chi connectivity index (χ1v) is 25.3. The van der Waals surface area contributed by atoms with Crippen LogP contribution in [-0.2, 0) is 0 Å². The molecule has 2 aliphatic rings. The van der Waals surface area contributed by atoms with Gasteiger partial charge in [-0.05, 0) is 123 Å². The third kappa shape index (κ3) is 6.67. The van der Waals surface area contributed by atoms with Crippen molar-refractivity contribution in [2.45, 2.75) is 0 Å². The summed E-state index contributed by atoms with van der Waals surface area (Å²) in [4.78, 5) is 4.39. The first kappa shape index (κ1) is 30.3. The number of hydrogen-bond acceptors (Lipinski definition) is 2. The number of hydrogen-bond donors (Lipinski definition) is 0. The fourth-order valence-corrected chi connectivity index (χ4v) is 11.9. The lowest BCUT2D eigenvalue weighted by atomic mass is 9.33. The lowest BCUT2D eigenvalue weighted by Crippen LogP contribution is -2.61. The Morgan fingerprint density at radius 3 is 1.25 bits per heavy atom. The predicted octanol–water partition coefficient (Wildman–Crippen LogP) is 17.0. The van der Waals surface area contributed by atoms with Gasteiger partial charge in [-0.3, -0.25) is 0 Å². The van der Waals surface area contributed by atoms with Crippen LogP contribution in [0.25, 0.3) is 88.4 Å². The predicted molar refractivity (Wildman–Crippen MR) is 325 cm³/mol.